The van der Waals surface area contributed by atoms with E-state index in [1.54, 1.807) is 0 Å². The monoisotopic (exact) mass is 406 g/mol. The molecule has 1 aliphatic rings. The fourth-order valence-corrected chi connectivity index (χ4v) is 3.99. The number of benzene rings is 2. The van der Waals surface area contributed by atoms with E-state index in [1.165, 1.54) is 12.8 Å². The summed E-state index contributed by atoms with van der Waals surface area (Å²) in [5.41, 5.74) is 3.73. The van der Waals surface area contributed by atoms with Gasteiger partial charge in [0.2, 0.25) is 5.91 Å². The van der Waals surface area contributed by atoms with Crippen LogP contribution in [0.2, 0.25) is 0 Å². The highest BCUT2D eigenvalue weighted by Gasteiger charge is 2.23. The summed E-state index contributed by atoms with van der Waals surface area (Å²) in [6.45, 7) is 5.59. The van der Waals surface area contributed by atoms with Gasteiger partial charge in [-0.15, -0.1) is 0 Å². The number of hydrogen-bond acceptors (Lipinski definition) is 5. The summed E-state index contributed by atoms with van der Waals surface area (Å²) in [5, 5.41) is 3.79. The second-order valence-corrected chi connectivity index (χ2v) is 7.51. The number of aromatic nitrogens is 1. The van der Waals surface area contributed by atoms with E-state index >= 15 is 0 Å². The van der Waals surface area contributed by atoms with Crippen molar-refractivity contribution in [1.82, 2.24) is 9.88 Å². The third-order valence-corrected chi connectivity index (χ3v) is 5.55. The molecule has 2 heterocycles. The molecule has 7 nitrogen and oxygen atoms in total. The number of para-hydroxylation sites is 1. The molecule has 3 aromatic rings. The minimum atomic E-state index is -0.502. The van der Waals surface area contributed by atoms with Gasteiger partial charge in [0.1, 0.15) is 5.69 Å². The molecule has 0 aliphatic carbocycles. The lowest BCUT2D eigenvalue weighted by Gasteiger charge is -2.35. The van der Waals surface area contributed by atoms with Crippen LogP contribution in [0.25, 0.3) is 10.9 Å². The smallest absolute Gasteiger partial charge is 0.356 e. The number of amides is 1. The number of nitrogens with zero attached hydrogens (tertiary/aromatic N) is 2. The molecular weight excluding hydrogens is 380 g/mol. The Hall–Kier alpha value is -3.32. The predicted molar refractivity (Wildman–Crippen MR) is 118 cm³/mol. The van der Waals surface area contributed by atoms with Crippen molar-refractivity contribution < 1.29 is 14.3 Å². The molecule has 1 aliphatic heterocycles. The van der Waals surface area contributed by atoms with Gasteiger partial charge in [0.25, 0.3) is 0 Å². The van der Waals surface area contributed by atoms with Gasteiger partial charge in [-0.05, 0) is 30.7 Å². The van der Waals surface area contributed by atoms with Crippen molar-refractivity contribution in [3.8, 4) is 0 Å². The van der Waals surface area contributed by atoms with Gasteiger partial charge in [0, 0.05) is 42.8 Å². The lowest BCUT2D eigenvalue weighted by Crippen LogP contribution is -2.48. The van der Waals surface area contributed by atoms with Gasteiger partial charge in [0.05, 0.1) is 19.3 Å². The highest BCUT2D eigenvalue weighted by molar-refractivity contribution is 6.12. The summed E-state index contributed by atoms with van der Waals surface area (Å²) in [5.74, 6) is -0.644. The number of aromatic amines is 1. The van der Waals surface area contributed by atoms with Gasteiger partial charge < -0.3 is 19.9 Å². The number of aryl methyl sites for hydroxylation is 1. The van der Waals surface area contributed by atoms with Crippen LogP contribution < -0.4 is 10.2 Å². The Morgan fingerprint density at radius 1 is 1.03 bits per heavy atom. The van der Waals surface area contributed by atoms with Crippen LogP contribution in [-0.2, 0) is 9.53 Å². The zero-order valence-corrected chi connectivity index (χ0v) is 17.3. The van der Waals surface area contributed by atoms with Crippen LogP contribution in [-0.4, -0.2) is 61.6 Å². The molecule has 7 heteroatoms. The largest absolute Gasteiger partial charge is 0.464 e. The number of H-pyrrole nitrogens is 1. The summed E-state index contributed by atoms with van der Waals surface area (Å²) in [7, 11) is 1.33. The summed E-state index contributed by atoms with van der Waals surface area (Å²) in [6, 6.07) is 16.1. The number of hydrogen-bond donors (Lipinski definition) is 2. The van der Waals surface area contributed by atoms with Crippen molar-refractivity contribution in [2.45, 2.75) is 6.92 Å². The maximum absolute atomic E-state index is 12.8. The molecule has 0 atom stereocenters. The van der Waals surface area contributed by atoms with Crippen LogP contribution in [0.1, 0.15) is 16.1 Å². The molecule has 0 saturated carbocycles. The highest BCUT2D eigenvalue weighted by Crippen LogP contribution is 2.31. The van der Waals surface area contributed by atoms with Crippen LogP contribution >= 0.6 is 0 Å². The Kier molecular flexibility index (Phi) is 5.72. The van der Waals surface area contributed by atoms with Crippen LogP contribution in [0.15, 0.2) is 48.5 Å². The number of nitrogens with one attached hydrogen (secondary N) is 2. The quantitative estimate of drug-likeness (QED) is 0.637. The number of piperazine rings is 1. The molecule has 30 heavy (non-hydrogen) atoms. The third-order valence-electron chi connectivity index (χ3n) is 5.55. The highest BCUT2D eigenvalue weighted by atomic mass is 16.5. The summed E-state index contributed by atoms with van der Waals surface area (Å²) < 4.78 is 4.89. The van der Waals surface area contributed by atoms with E-state index in [0.29, 0.717) is 5.69 Å². The van der Waals surface area contributed by atoms with Crippen LogP contribution in [0.4, 0.5) is 11.4 Å². The number of fused-ring (bicyclic) bond motifs is 1. The molecule has 0 unspecified atom stereocenters. The Balaban J connectivity index is 1.45. The summed E-state index contributed by atoms with van der Waals surface area (Å²) in [6.07, 6.45) is 0. The van der Waals surface area contributed by atoms with Gasteiger partial charge in [-0.1, -0.05) is 30.3 Å². The zero-order chi connectivity index (χ0) is 21.1. The molecule has 0 radical (unpaired) electrons. The van der Waals surface area contributed by atoms with Crippen molar-refractivity contribution >= 4 is 34.2 Å². The van der Waals surface area contributed by atoms with Crippen molar-refractivity contribution in [2.24, 2.45) is 0 Å². The Morgan fingerprint density at radius 2 is 1.77 bits per heavy atom. The molecule has 156 valence electrons. The fourth-order valence-electron chi connectivity index (χ4n) is 3.99. The normalized spacial score (nSPS) is 14.7. The van der Waals surface area contributed by atoms with Gasteiger partial charge in [-0.2, -0.15) is 0 Å². The second kappa shape index (κ2) is 8.59. The number of carbonyl (C=O) groups is 2. The first-order valence-corrected chi connectivity index (χ1v) is 10.1. The second-order valence-electron chi connectivity index (χ2n) is 7.51. The number of ether oxygens (including phenoxy) is 1. The minimum absolute atomic E-state index is 0.141. The number of anilines is 2. The first kappa shape index (κ1) is 20.0. The number of carbonyl (C=O) groups excluding carboxylic acids is 2. The first-order chi connectivity index (χ1) is 14.6. The lowest BCUT2D eigenvalue weighted by molar-refractivity contribution is -0.117. The Bertz CT molecular complexity index is 1050. The molecule has 2 aromatic carbocycles. The SMILES string of the molecule is COC(=O)c1[nH]c2cccc(C)c2c1NC(=O)CN1CCN(c2ccccc2)CC1. The summed E-state index contributed by atoms with van der Waals surface area (Å²) in [4.78, 5) is 32.6. The van der Waals surface area contributed by atoms with Crippen molar-refractivity contribution in [1.29, 1.82) is 0 Å². The number of esters is 1. The fraction of sp³-hybridized carbons (Fsp3) is 0.304. The van der Waals surface area contributed by atoms with Gasteiger partial charge in [-0.3, -0.25) is 9.69 Å². The van der Waals surface area contributed by atoms with Crippen LogP contribution in [0, 0.1) is 6.92 Å². The first-order valence-electron chi connectivity index (χ1n) is 10.1. The molecule has 1 fully saturated rings. The maximum atomic E-state index is 12.8. The number of rotatable bonds is 5. The van der Waals surface area contributed by atoms with E-state index in [4.69, 9.17) is 4.74 Å². The molecule has 1 amide bonds. The maximum Gasteiger partial charge on any atom is 0.356 e. The molecular formula is C23H26N4O3. The van der Waals surface area contributed by atoms with Gasteiger partial charge >= 0.3 is 5.97 Å². The minimum Gasteiger partial charge on any atom is -0.464 e. The average Bonchev–Trinajstić information content (AvgIpc) is 3.14. The Morgan fingerprint density at radius 3 is 2.47 bits per heavy atom. The molecule has 2 N–H and O–H groups in total. The standard InChI is InChI=1S/C23H26N4O3/c1-16-7-6-10-18-20(16)21(22(24-18)23(29)30-2)25-19(28)15-26-11-13-27(14-12-26)17-8-4-3-5-9-17/h3-10,24H,11-15H2,1-2H3,(H,25,28). The Labute approximate surface area is 175 Å². The van der Waals surface area contributed by atoms with Crippen molar-refractivity contribution in [3.05, 3.63) is 59.8 Å². The number of methoxy groups -OCH3 is 1. The average molecular weight is 406 g/mol. The van der Waals surface area contributed by atoms with E-state index in [0.717, 1.165) is 42.6 Å². The molecule has 4 rings (SSSR count). The molecule has 0 spiro atoms. The van der Waals surface area contributed by atoms with Gasteiger partial charge in [-0.25, -0.2) is 4.79 Å². The summed E-state index contributed by atoms with van der Waals surface area (Å²) >= 11 is 0. The zero-order valence-electron chi connectivity index (χ0n) is 17.3. The van der Waals surface area contributed by atoms with Gasteiger partial charge in [0.15, 0.2) is 0 Å². The van der Waals surface area contributed by atoms with E-state index in [-0.39, 0.29) is 18.1 Å². The van der Waals surface area contributed by atoms with Crippen molar-refractivity contribution in [2.75, 3.05) is 50.1 Å². The van der Waals surface area contributed by atoms with Crippen LogP contribution in [0.3, 0.4) is 0 Å². The van der Waals surface area contributed by atoms with E-state index in [1.807, 2.05) is 43.3 Å². The molecule has 0 bridgehead atoms. The molecule has 1 aromatic heterocycles. The topological polar surface area (TPSA) is 77.7 Å². The third kappa shape index (κ3) is 4.02. The van der Waals surface area contributed by atoms with E-state index in [2.05, 4.69) is 32.2 Å². The van der Waals surface area contributed by atoms with E-state index in [9.17, 15) is 9.59 Å². The van der Waals surface area contributed by atoms with E-state index < -0.39 is 5.97 Å². The lowest BCUT2D eigenvalue weighted by atomic mass is 10.1. The predicted octanol–water partition coefficient (Wildman–Crippen LogP) is 3.02. The van der Waals surface area contributed by atoms with Crippen LogP contribution in [0.5, 0.6) is 0 Å². The molecule has 1 saturated heterocycles. The van der Waals surface area contributed by atoms with Crippen molar-refractivity contribution in [3.63, 3.8) is 0 Å².